The molecule has 1 atom stereocenters. The summed E-state index contributed by atoms with van der Waals surface area (Å²) in [4.78, 5) is 25.8. The van der Waals surface area contributed by atoms with Crippen molar-refractivity contribution in [3.05, 3.63) is 58.3 Å². The Kier molecular flexibility index (Phi) is 6.19. The quantitative estimate of drug-likeness (QED) is 0.740. The minimum absolute atomic E-state index is 0.111. The van der Waals surface area contributed by atoms with Gasteiger partial charge in [0.25, 0.3) is 5.91 Å². The van der Waals surface area contributed by atoms with Crippen LogP contribution < -0.4 is 16.0 Å². The number of amides is 2. The first-order valence-corrected chi connectivity index (χ1v) is 9.50. The van der Waals surface area contributed by atoms with Crippen LogP contribution in [0.25, 0.3) is 0 Å². The van der Waals surface area contributed by atoms with E-state index >= 15 is 0 Å². The van der Waals surface area contributed by atoms with Crippen molar-refractivity contribution in [3.63, 3.8) is 0 Å². The molecule has 0 bridgehead atoms. The van der Waals surface area contributed by atoms with Crippen molar-refractivity contribution in [1.82, 2.24) is 16.0 Å². The van der Waals surface area contributed by atoms with Crippen molar-refractivity contribution >= 4 is 23.2 Å². The standard InChI is InChI=1S/C19H23N3O2S/c23-18(21-15-8-10-20-11-9-15)16(13-14-5-2-1-3-6-14)22-19(24)17-7-4-12-25-17/h1-7,12,15-16,20H,8-11,13H2,(H,21,23)(H,22,24). The Bertz CT molecular complexity index is 682. The summed E-state index contributed by atoms with van der Waals surface area (Å²) in [5, 5.41) is 11.1. The van der Waals surface area contributed by atoms with Gasteiger partial charge in [-0.3, -0.25) is 9.59 Å². The van der Waals surface area contributed by atoms with E-state index in [1.54, 1.807) is 6.07 Å². The molecular formula is C19H23N3O2S. The molecule has 6 heteroatoms. The Balaban J connectivity index is 1.68. The first-order valence-electron chi connectivity index (χ1n) is 8.62. The smallest absolute Gasteiger partial charge is 0.262 e. The van der Waals surface area contributed by atoms with Gasteiger partial charge in [-0.05, 0) is 42.9 Å². The average Bonchev–Trinajstić information content (AvgIpc) is 3.18. The van der Waals surface area contributed by atoms with Crippen LogP contribution in [0.1, 0.15) is 28.1 Å². The third-order valence-corrected chi connectivity index (χ3v) is 5.20. The maximum Gasteiger partial charge on any atom is 0.262 e. The Morgan fingerprint density at radius 3 is 2.56 bits per heavy atom. The van der Waals surface area contributed by atoms with Crippen LogP contribution in [0.2, 0.25) is 0 Å². The zero-order chi connectivity index (χ0) is 17.5. The number of hydrogen-bond acceptors (Lipinski definition) is 4. The number of carbonyl (C=O) groups is 2. The molecule has 3 rings (SSSR count). The zero-order valence-corrected chi connectivity index (χ0v) is 14.9. The van der Waals surface area contributed by atoms with E-state index < -0.39 is 6.04 Å². The first kappa shape index (κ1) is 17.6. The Labute approximate surface area is 151 Å². The van der Waals surface area contributed by atoms with Gasteiger partial charge >= 0.3 is 0 Å². The Morgan fingerprint density at radius 1 is 1.12 bits per heavy atom. The number of thiophene rings is 1. The predicted molar refractivity (Wildman–Crippen MR) is 99.8 cm³/mol. The van der Waals surface area contributed by atoms with Gasteiger partial charge in [-0.15, -0.1) is 11.3 Å². The van der Waals surface area contributed by atoms with E-state index in [0.717, 1.165) is 31.5 Å². The second-order valence-corrected chi connectivity index (χ2v) is 7.17. The normalized spacial score (nSPS) is 16.2. The van der Waals surface area contributed by atoms with Crippen molar-refractivity contribution in [2.45, 2.75) is 31.3 Å². The Morgan fingerprint density at radius 2 is 1.88 bits per heavy atom. The number of nitrogens with one attached hydrogen (secondary N) is 3. The average molecular weight is 357 g/mol. The van der Waals surface area contributed by atoms with Crippen molar-refractivity contribution in [2.75, 3.05) is 13.1 Å². The molecule has 3 N–H and O–H groups in total. The van der Waals surface area contributed by atoms with E-state index in [2.05, 4.69) is 16.0 Å². The van der Waals surface area contributed by atoms with Gasteiger partial charge in [-0.25, -0.2) is 0 Å². The molecule has 1 fully saturated rings. The molecular weight excluding hydrogens is 334 g/mol. The van der Waals surface area contributed by atoms with Crippen molar-refractivity contribution in [1.29, 1.82) is 0 Å². The molecule has 1 saturated heterocycles. The van der Waals surface area contributed by atoms with Gasteiger partial charge in [0.05, 0.1) is 4.88 Å². The largest absolute Gasteiger partial charge is 0.351 e. The minimum atomic E-state index is -0.577. The van der Waals surface area contributed by atoms with E-state index in [0.29, 0.717) is 11.3 Å². The lowest BCUT2D eigenvalue weighted by Crippen LogP contribution is -2.52. The third-order valence-electron chi connectivity index (χ3n) is 4.33. The molecule has 1 aromatic carbocycles. The summed E-state index contributed by atoms with van der Waals surface area (Å²) in [5.74, 6) is -0.308. The molecule has 1 aliphatic rings. The number of benzene rings is 1. The monoisotopic (exact) mass is 357 g/mol. The number of piperidine rings is 1. The zero-order valence-electron chi connectivity index (χ0n) is 14.0. The summed E-state index contributed by atoms with van der Waals surface area (Å²) in [7, 11) is 0. The van der Waals surface area contributed by atoms with Crippen LogP contribution in [0.4, 0.5) is 0 Å². The number of carbonyl (C=O) groups excluding carboxylic acids is 2. The number of rotatable bonds is 6. The highest BCUT2D eigenvalue weighted by Gasteiger charge is 2.25. The van der Waals surface area contributed by atoms with Crippen LogP contribution >= 0.6 is 11.3 Å². The van der Waals surface area contributed by atoms with E-state index in [-0.39, 0.29) is 17.9 Å². The van der Waals surface area contributed by atoms with Crippen LogP contribution in [0.15, 0.2) is 47.8 Å². The highest BCUT2D eigenvalue weighted by Crippen LogP contribution is 2.11. The minimum Gasteiger partial charge on any atom is -0.351 e. The fraction of sp³-hybridized carbons (Fsp3) is 0.368. The second-order valence-electron chi connectivity index (χ2n) is 6.23. The molecule has 0 spiro atoms. The lowest BCUT2D eigenvalue weighted by Gasteiger charge is -2.26. The number of hydrogen-bond donors (Lipinski definition) is 3. The molecule has 2 heterocycles. The fourth-order valence-corrected chi connectivity index (χ4v) is 3.59. The summed E-state index contributed by atoms with van der Waals surface area (Å²) in [6.07, 6.45) is 2.32. The molecule has 132 valence electrons. The lowest BCUT2D eigenvalue weighted by atomic mass is 10.0. The van der Waals surface area contributed by atoms with E-state index in [9.17, 15) is 9.59 Å². The molecule has 2 amide bonds. The van der Waals surface area contributed by atoms with Gasteiger partial charge in [0, 0.05) is 12.5 Å². The molecule has 2 aromatic rings. The molecule has 25 heavy (non-hydrogen) atoms. The van der Waals surface area contributed by atoms with Gasteiger partial charge in [-0.1, -0.05) is 36.4 Å². The van der Waals surface area contributed by atoms with Gasteiger partial charge in [-0.2, -0.15) is 0 Å². The van der Waals surface area contributed by atoms with Crippen LogP contribution in [-0.2, 0) is 11.2 Å². The first-order chi connectivity index (χ1) is 12.2. The van der Waals surface area contributed by atoms with Crippen LogP contribution in [0, 0.1) is 0 Å². The van der Waals surface area contributed by atoms with Gasteiger partial charge in [0.15, 0.2) is 0 Å². The third kappa shape index (κ3) is 5.14. The summed E-state index contributed by atoms with van der Waals surface area (Å²) in [6.45, 7) is 1.83. The SMILES string of the molecule is O=C(NC(Cc1ccccc1)C(=O)NC1CCNCC1)c1cccs1. The van der Waals surface area contributed by atoms with Crippen molar-refractivity contribution in [2.24, 2.45) is 0 Å². The molecule has 0 saturated carbocycles. The van der Waals surface area contributed by atoms with Gasteiger partial charge in [0.2, 0.25) is 5.91 Å². The summed E-state index contributed by atoms with van der Waals surface area (Å²) < 4.78 is 0. The lowest BCUT2D eigenvalue weighted by molar-refractivity contribution is -0.123. The van der Waals surface area contributed by atoms with Crippen molar-refractivity contribution in [3.8, 4) is 0 Å². The summed E-state index contributed by atoms with van der Waals surface area (Å²) in [5.41, 5.74) is 1.03. The van der Waals surface area contributed by atoms with Gasteiger partial charge < -0.3 is 16.0 Å². The topological polar surface area (TPSA) is 70.2 Å². The molecule has 1 unspecified atom stereocenters. The molecule has 1 aromatic heterocycles. The maximum absolute atomic E-state index is 12.8. The predicted octanol–water partition coefficient (Wildman–Crippen LogP) is 1.96. The highest BCUT2D eigenvalue weighted by molar-refractivity contribution is 7.12. The van der Waals surface area contributed by atoms with Crippen LogP contribution in [0.3, 0.4) is 0 Å². The summed E-state index contributed by atoms with van der Waals surface area (Å²) in [6, 6.07) is 13.0. The molecule has 5 nitrogen and oxygen atoms in total. The van der Waals surface area contributed by atoms with E-state index in [1.165, 1.54) is 11.3 Å². The Hall–Kier alpha value is -2.18. The second kappa shape index (κ2) is 8.78. The molecule has 0 radical (unpaired) electrons. The molecule has 1 aliphatic heterocycles. The summed E-state index contributed by atoms with van der Waals surface area (Å²) >= 11 is 1.37. The maximum atomic E-state index is 12.8. The van der Waals surface area contributed by atoms with Crippen LogP contribution in [-0.4, -0.2) is 37.0 Å². The van der Waals surface area contributed by atoms with Crippen molar-refractivity contribution < 1.29 is 9.59 Å². The van der Waals surface area contributed by atoms with E-state index in [1.807, 2.05) is 41.8 Å². The van der Waals surface area contributed by atoms with Crippen LogP contribution in [0.5, 0.6) is 0 Å². The fourth-order valence-electron chi connectivity index (χ4n) is 2.96. The van der Waals surface area contributed by atoms with E-state index in [4.69, 9.17) is 0 Å². The van der Waals surface area contributed by atoms with Gasteiger partial charge in [0.1, 0.15) is 6.04 Å². The molecule has 0 aliphatic carbocycles. The highest BCUT2D eigenvalue weighted by atomic mass is 32.1.